The van der Waals surface area contributed by atoms with Crippen LogP contribution in [0, 0.1) is 6.92 Å². The number of furan rings is 1. The third kappa shape index (κ3) is 3.23. The summed E-state index contributed by atoms with van der Waals surface area (Å²) >= 11 is 0. The second kappa shape index (κ2) is 6.95. The van der Waals surface area contributed by atoms with Crippen LogP contribution in [0.4, 0.5) is 11.4 Å². The lowest BCUT2D eigenvalue weighted by atomic mass is 10.1. The number of nitrogens with zero attached hydrogens (tertiary/aromatic N) is 3. The van der Waals surface area contributed by atoms with Gasteiger partial charge in [-0.2, -0.15) is 0 Å². The second-order valence-electron chi connectivity index (χ2n) is 6.99. The van der Waals surface area contributed by atoms with Gasteiger partial charge < -0.3 is 18.6 Å². The fourth-order valence-corrected chi connectivity index (χ4v) is 3.56. The van der Waals surface area contributed by atoms with Gasteiger partial charge in [-0.15, -0.1) is 0 Å². The van der Waals surface area contributed by atoms with Gasteiger partial charge in [-0.05, 0) is 44.5 Å². The monoisotopic (exact) mass is 365 g/mol. The summed E-state index contributed by atoms with van der Waals surface area (Å²) in [6.07, 6.45) is 2.68. The molecule has 0 aliphatic carbocycles. The number of rotatable bonds is 3. The van der Waals surface area contributed by atoms with Crippen molar-refractivity contribution < 1.29 is 13.6 Å². The number of amides is 1. The summed E-state index contributed by atoms with van der Waals surface area (Å²) in [6.45, 7) is 4.83. The van der Waals surface area contributed by atoms with Gasteiger partial charge in [0.15, 0.2) is 5.76 Å². The van der Waals surface area contributed by atoms with Crippen LogP contribution in [0.2, 0.25) is 0 Å². The number of aryl methyl sites for hydroxylation is 1. The van der Waals surface area contributed by atoms with Gasteiger partial charge in [-0.1, -0.05) is 12.1 Å². The Kier molecular flexibility index (Phi) is 4.48. The lowest BCUT2D eigenvalue weighted by molar-refractivity contribution is -0.118. The molecule has 1 aromatic carbocycles. The highest BCUT2D eigenvalue weighted by Crippen LogP contribution is 2.34. The first-order valence-electron chi connectivity index (χ1n) is 9.17. The van der Waals surface area contributed by atoms with Crippen molar-refractivity contribution in [2.45, 2.75) is 32.7 Å². The summed E-state index contributed by atoms with van der Waals surface area (Å²) in [5.41, 5.74) is 2.67. The molecule has 1 aliphatic rings. The third-order valence-electron chi connectivity index (χ3n) is 5.09. The number of fused-ring (bicyclic) bond motifs is 1. The molecule has 0 spiro atoms. The van der Waals surface area contributed by atoms with Crippen molar-refractivity contribution in [2.24, 2.45) is 0 Å². The highest BCUT2D eigenvalue weighted by Gasteiger charge is 2.29. The number of para-hydroxylation sites is 2. The van der Waals surface area contributed by atoms with E-state index < -0.39 is 0 Å². The number of carbonyl (C=O) groups is 1. The van der Waals surface area contributed by atoms with Gasteiger partial charge in [-0.3, -0.25) is 4.79 Å². The van der Waals surface area contributed by atoms with E-state index in [0.29, 0.717) is 23.1 Å². The highest BCUT2D eigenvalue weighted by atomic mass is 16.4. The summed E-state index contributed by atoms with van der Waals surface area (Å²) in [7, 11) is 2.07. The number of hydrogen-bond acceptors (Lipinski definition) is 5. The van der Waals surface area contributed by atoms with Crippen LogP contribution in [-0.2, 0) is 11.2 Å². The van der Waals surface area contributed by atoms with Gasteiger partial charge in [-0.25, -0.2) is 4.98 Å². The summed E-state index contributed by atoms with van der Waals surface area (Å²) < 4.78 is 11.0. The van der Waals surface area contributed by atoms with E-state index in [0.717, 1.165) is 24.3 Å². The van der Waals surface area contributed by atoms with Gasteiger partial charge in [0.25, 0.3) is 5.89 Å². The fraction of sp³-hybridized carbons (Fsp3) is 0.333. The molecule has 1 atom stereocenters. The van der Waals surface area contributed by atoms with Crippen LogP contribution in [-0.4, -0.2) is 30.5 Å². The Bertz CT molecular complexity index is 945. The van der Waals surface area contributed by atoms with Crippen LogP contribution < -0.4 is 9.80 Å². The van der Waals surface area contributed by atoms with E-state index in [4.69, 9.17) is 8.83 Å². The minimum Gasteiger partial charge on any atom is -0.459 e. The van der Waals surface area contributed by atoms with Gasteiger partial charge in [0.05, 0.1) is 29.8 Å². The molecule has 1 unspecified atom stereocenters. The topological polar surface area (TPSA) is 62.7 Å². The molecule has 0 radical (unpaired) electrons. The Hall–Kier alpha value is -3.02. The molecular weight excluding hydrogens is 342 g/mol. The molecule has 27 heavy (non-hydrogen) atoms. The van der Waals surface area contributed by atoms with Crippen molar-refractivity contribution in [3.63, 3.8) is 0 Å². The van der Waals surface area contributed by atoms with E-state index >= 15 is 0 Å². The molecule has 6 nitrogen and oxygen atoms in total. The molecule has 3 heterocycles. The van der Waals surface area contributed by atoms with Crippen molar-refractivity contribution in [1.29, 1.82) is 0 Å². The molecule has 0 N–H and O–H groups in total. The Morgan fingerprint density at radius 3 is 2.74 bits per heavy atom. The van der Waals surface area contributed by atoms with E-state index in [9.17, 15) is 4.79 Å². The van der Waals surface area contributed by atoms with Gasteiger partial charge >= 0.3 is 0 Å². The maximum Gasteiger partial charge on any atom is 0.263 e. The summed E-state index contributed by atoms with van der Waals surface area (Å²) in [5.74, 6) is 1.63. The Morgan fingerprint density at radius 1 is 1.22 bits per heavy atom. The normalized spacial score (nSPS) is 16.9. The first kappa shape index (κ1) is 17.4. The number of benzene rings is 1. The van der Waals surface area contributed by atoms with Crippen LogP contribution in [0.1, 0.15) is 24.8 Å². The molecule has 0 saturated carbocycles. The molecule has 4 rings (SSSR count). The van der Waals surface area contributed by atoms with Crippen LogP contribution in [0.3, 0.4) is 0 Å². The molecule has 1 amide bonds. The van der Waals surface area contributed by atoms with E-state index in [1.807, 2.05) is 30.0 Å². The van der Waals surface area contributed by atoms with E-state index in [1.165, 1.54) is 0 Å². The predicted octanol–water partition coefficient (Wildman–Crippen LogP) is 4.05. The first-order chi connectivity index (χ1) is 13.0. The van der Waals surface area contributed by atoms with Crippen molar-refractivity contribution in [3.8, 4) is 11.7 Å². The standard InChI is InChI=1S/C21H23N3O3/c1-14-10-11-23(3)17-7-4-5-8-18(17)24(14)20(25)13-16-15(2)27-21(22-16)19-9-6-12-26-19/h4-9,12,14H,10-11,13H2,1-3H3. The summed E-state index contributed by atoms with van der Waals surface area (Å²) in [5, 5.41) is 0. The molecule has 0 fully saturated rings. The molecular formula is C21H23N3O3. The number of anilines is 2. The van der Waals surface area contributed by atoms with Crippen molar-refractivity contribution >= 4 is 17.3 Å². The number of hydrogen-bond donors (Lipinski definition) is 0. The summed E-state index contributed by atoms with van der Waals surface area (Å²) in [4.78, 5) is 21.8. The van der Waals surface area contributed by atoms with Crippen molar-refractivity contribution in [3.05, 3.63) is 54.1 Å². The van der Waals surface area contributed by atoms with E-state index in [1.54, 1.807) is 18.4 Å². The van der Waals surface area contributed by atoms with E-state index in [2.05, 4.69) is 29.9 Å². The second-order valence-corrected chi connectivity index (χ2v) is 6.99. The van der Waals surface area contributed by atoms with Gasteiger partial charge in [0.2, 0.25) is 5.91 Å². The number of aromatic nitrogens is 1. The van der Waals surface area contributed by atoms with Gasteiger partial charge in [0.1, 0.15) is 5.76 Å². The van der Waals surface area contributed by atoms with Crippen LogP contribution in [0.15, 0.2) is 51.5 Å². The molecule has 0 bridgehead atoms. The molecule has 3 aromatic rings. The fourth-order valence-electron chi connectivity index (χ4n) is 3.56. The Morgan fingerprint density at radius 2 is 2.00 bits per heavy atom. The minimum atomic E-state index is 0.0210. The van der Waals surface area contributed by atoms with Crippen molar-refractivity contribution in [1.82, 2.24) is 4.98 Å². The lowest BCUT2D eigenvalue weighted by Gasteiger charge is -2.28. The quantitative estimate of drug-likeness (QED) is 0.701. The lowest BCUT2D eigenvalue weighted by Crippen LogP contribution is -2.39. The number of oxazole rings is 1. The molecule has 1 aliphatic heterocycles. The van der Waals surface area contributed by atoms with Crippen LogP contribution in [0.25, 0.3) is 11.7 Å². The summed E-state index contributed by atoms with van der Waals surface area (Å²) in [6, 6.07) is 11.7. The molecule has 0 saturated heterocycles. The molecule has 6 heteroatoms. The Balaban J connectivity index is 1.64. The zero-order valence-corrected chi connectivity index (χ0v) is 15.8. The number of carbonyl (C=O) groups excluding carboxylic acids is 1. The average molecular weight is 365 g/mol. The SMILES string of the molecule is Cc1oc(-c2ccco2)nc1CC(=O)N1c2ccccc2N(C)CCC1C. The van der Waals surface area contributed by atoms with Crippen LogP contribution >= 0.6 is 0 Å². The zero-order chi connectivity index (χ0) is 19.0. The van der Waals surface area contributed by atoms with Crippen LogP contribution in [0.5, 0.6) is 0 Å². The highest BCUT2D eigenvalue weighted by molar-refractivity contribution is 5.98. The van der Waals surface area contributed by atoms with E-state index in [-0.39, 0.29) is 18.4 Å². The predicted molar refractivity (Wildman–Crippen MR) is 104 cm³/mol. The maximum atomic E-state index is 13.3. The van der Waals surface area contributed by atoms with Crippen molar-refractivity contribution in [2.75, 3.05) is 23.4 Å². The van der Waals surface area contributed by atoms with Gasteiger partial charge in [0, 0.05) is 19.6 Å². The smallest absolute Gasteiger partial charge is 0.263 e. The third-order valence-corrected chi connectivity index (χ3v) is 5.09. The Labute approximate surface area is 158 Å². The largest absolute Gasteiger partial charge is 0.459 e. The maximum absolute atomic E-state index is 13.3. The average Bonchev–Trinajstić information content (AvgIpc) is 3.28. The minimum absolute atomic E-state index is 0.0210. The molecule has 2 aromatic heterocycles. The molecule has 140 valence electrons. The first-order valence-corrected chi connectivity index (χ1v) is 9.17. The zero-order valence-electron chi connectivity index (χ0n) is 15.8.